The van der Waals surface area contributed by atoms with Crippen molar-refractivity contribution in [3.05, 3.63) is 65.7 Å². The molecular weight excluding hydrogens is 370 g/mol. The average molecular weight is 399 g/mol. The molecule has 0 aliphatic heterocycles. The number of hydrogen-bond acceptors (Lipinski definition) is 5. The summed E-state index contributed by atoms with van der Waals surface area (Å²) in [5, 5.41) is 2.70. The molecule has 1 amide bonds. The highest BCUT2D eigenvalue weighted by Crippen LogP contribution is 2.28. The molecule has 29 heavy (non-hydrogen) atoms. The van der Waals surface area contributed by atoms with Crippen LogP contribution in [-0.4, -0.2) is 37.9 Å². The van der Waals surface area contributed by atoms with Crippen LogP contribution in [0.5, 0.6) is 5.75 Å². The first-order valence-electron chi connectivity index (χ1n) is 9.62. The predicted octanol–water partition coefficient (Wildman–Crippen LogP) is 4.29. The Morgan fingerprint density at radius 2 is 1.69 bits per heavy atom. The number of benzene rings is 2. The molecule has 6 nitrogen and oxygen atoms in total. The maximum atomic E-state index is 12.4. The third-order valence-electron chi connectivity index (χ3n) is 4.02. The van der Waals surface area contributed by atoms with E-state index in [0.717, 1.165) is 11.1 Å². The van der Waals surface area contributed by atoms with Crippen molar-refractivity contribution < 1.29 is 23.8 Å². The Morgan fingerprint density at radius 3 is 2.34 bits per heavy atom. The summed E-state index contributed by atoms with van der Waals surface area (Å²) in [5.74, 6) is -0.182. The molecule has 0 aromatic heterocycles. The molecule has 1 atom stereocenters. The van der Waals surface area contributed by atoms with Crippen molar-refractivity contribution in [2.75, 3.05) is 20.3 Å². The van der Waals surface area contributed by atoms with Crippen molar-refractivity contribution in [2.24, 2.45) is 0 Å². The fourth-order valence-corrected chi connectivity index (χ4v) is 2.78. The fraction of sp³-hybridized carbons (Fsp3) is 0.391. The molecular formula is C23H29NO5. The van der Waals surface area contributed by atoms with Gasteiger partial charge >= 0.3 is 12.1 Å². The highest BCUT2D eigenvalue weighted by atomic mass is 16.6. The van der Waals surface area contributed by atoms with Crippen LogP contribution in [-0.2, 0) is 14.3 Å². The maximum absolute atomic E-state index is 12.4. The lowest BCUT2D eigenvalue weighted by molar-refractivity contribution is -0.141. The molecule has 0 heterocycles. The van der Waals surface area contributed by atoms with Crippen LogP contribution in [0.25, 0.3) is 0 Å². The summed E-state index contributed by atoms with van der Waals surface area (Å²) in [4.78, 5) is 24.0. The smallest absolute Gasteiger partial charge is 0.407 e. The molecule has 0 fully saturated rings. The highest BCUT2D eigenvalue weighted by molar-refractivity contribution is 5.82. The lowest BCUT2D eigenvalue weighted by Gasteiger charge is -2.19. The minimum absolute atomic E-state index is 0.324. The highest BCUT2D eigenvalue weighted by Gasteiger charge is 2.23. The summed E-state index contributed by atoms with van der Waals surface area (Å²) in [6.45, 7) is 6.33. The van der Waals surface area contributed by atoms with Gasteiger partial charge in [0.15, 0.2) is 0 Å². The van der Waals surface area contributed by atoms with Gasteiger partial charge in [0, 0.05) is 6.54 Å². The lowest BCUT2D eigenvalue weighted by Crippen LogP contribution is -2.33. The predicted molar refractivity (Wildman–Crippen MR) is 111 cm³/mol. The van der Waals surface area contributed by atoms with E-state index in [1.807, 2.05) is 75.4 Å². The summed E-state index contributed by atoms with van der Waals surface area (Å²) in [5.41, 5.74) is 1.14. The molecule has 2 rings (SSSR count). The molecule has 1 unspecified atom stereocenters. The molecule has 1 N–H and O–H groups in total. The van der Waals surface area contributed by atoms with Crippen molar-refractivity contribution in [3.8, 4) is 5.75 Å². The van der Waals surface area contributed by atoms with Crippen LogP contribution in [0.15, 0.2) is 54.6 Å². The SMILES string of the molecule is COC(=O)C(c1ccccc1)c1cccc(OCCCNC(=O)OC(C)(C)C)c1. The Kier molecular flexibility index (Phi) is 8.07. The third kappa shape index (κ3) is 7.49. The van der Waals surface area contributed by atoms with E-state index in [0.29, 0.717) is 25.3 Å². The van der Waals surface area contributed by atoms with E-state index >= 15 is 0 Å². The molecule has 0 saturated heterocycles. The van der Waals surface area contributed by atoms with Crippen LogP contribution in [0.3, 0.4) is 0 Å². The quantitative estimate of drug-likeness (QED) is 0.530. The van der Waals surface area contributed by atoms with Crippen LogP contribution in [0.4, 0.5) is 4.79 Å². The summed E-state index contributed by atoms with van der Waals surface area (Å²) in [6.07, 6.45) is 0.186. The van der Waals surface area contributed by atoms with Gasteiger partial charge in [0.2, 0.25) is 0 Å². The van der Waals surface area contributed by atoms with Crippen molar-refractivity contribution in [1.29, 1.82) is 0 Å². The van der Waals surface area contributed by atoms with E-state index in [4.69, 9.17) is 14.2 Å². The molecule has 156 valence electrons. The van der Waals surface area contributed by atoms with Gasteiger partial charge in [0.25, 0.3) is 0 Å². The number of esters is 1. The van der Waals surface area contributed by atoms with E-state index < -0.39 is 17.6 Å². The molecule has 0 bridgehead atoms. The monoisotopic (exact) mass is 399 g/mol. The van der Waals surface area contributed by atoms with Crippen molar-refractivity contribution in [3.63, 3.8) is 0 Å². The van der Waals surface area contributed by atoms with Gasteiger partial charge < -0.3 is 19.5 Å². The van der Waals surface area contributed by atoms with Crippen molar-refractivity contribution in [2.45, 2.75) is 38.7 Å². The second-order valence-corrected chi connectivity index (χ2v) is 7.57. The summed E-state index contributed by atoms with van der Waals surface area (Å²) in [6, 6.07) is 16.9. The van der Waals surface area contributed by atoms with E-state index in [2.05, 4.69) is 5.32 Å². The zero-order chi connectivity index (χ0) is 21.3. The number of methoxy groups -OCH3 is 1. The standard InChI is InChI=1S/C23H29NO5/c1-23(2,3)29-22(26)24-14-9-15-28-19-13-8-12-18(16-19)20(21(25)27-4)17-10-6-5-7-11-17/h5-8,10-13,16,20H,9,14-15H2,1-4H3,(H,24,26). The topological polar surface area (TPSA) is 73.9 Å². The molecule has 0 aliphatic carbocycles. The van der Waals surface area contributed by atoms with Crippen molar-refractivity contribution in [1.82, 2.24) is 5.32 Å². The van der Waals surface area contributed by atoms with Gasteiger partial charge in [-0.3, -0.25) is 4.79 Å². The molecule has 0 spiro atoms. The second kappa shape index (κ2) is 10.5. The molecule has 0 aliphatic rings. The van der Waals surface area contributed by atoms with Crippen LogP contribution < -0.4 is 10.1 Å². The van der Waals surface area contributed by atoms with E-state index in [1.54, 1.807) is 0 Å². The lowest BCUT2D eigenvalue weighted by atomic mass is 9.91. The van der Waals surface area contributed by atoms with Gasteiger partial charge in [-0.15, -0.1) is 0 Å². The summed E-state index contributed by atoms with van der Waals surface area (Å²) < 4.78 is 16.0. The van der Waals surface area contributed by atoms with Gasteiger partial charge in [-0.05, 0) is 50.5 Å². The first-order chi connectivity index (χ1) is 13.8. The van der Waals surface area contributed by atoms with Crippen LogP contribution in [0.1, 0.15) is 44.2 Å². The van der Waals surface area contributed by atoms with E-state index in [1.165, 1.54) is 7.11 Å². The molecule has 6 heteroatoms. The zero-order valence-corrected chi connectivity index (χ0v) is 17.4. The van der Waals surface area contributed by atoms with Gasteiger partial charge in [0.1, 0.15) is 17.3 Å². The number of ether oxygens (including phenoxy) is 3. The molecule has 0 radical (unpaired) electrons. The molecule has 2 aromatic carbocycles. The summed E-state index contributed by atoms with van der Waals surface area (Å²) >= 11 is 0. The Morgan fingerprint density at radius 1 is 1.00 bits per heavy atom. The Balaban J connectivity index is 1.93. The van der Waals surface area contributed by atoms with Gasteiger partial charge in [-0.2, -0.15) is 0 Å². The van der Waals surface area contributed by atoms with Gasteiger partial charge in [-0.1, -0.05) is 42.5 Å². The van der Waals surface area contributed by atoms with Crippen LogP contribution in [0.2, 0.25) is 0 Å². The Hall–Kier alpha value is -3.02. The second-order valence-electron chi connectivity index (χ2n) is 7.57. The van der Waals surface area contributed by atoms with E-state index in [9.17, 15) is 9.59 Å². The van der Waals surface area contributed by atoms with Crippen LogP contribution >= 0.6 is 0 Å². The van der Waals surface area contributed by atoms with Gasteiger partial charge in [-0.25, -0.2) is 4.79 Å². The van der Waals surface area contributed by atoms with Gasteiger partial charge in [0.05, 0.1) is 13.7 Å². The number of hydrogen-bond donors (Lipinski definition) is 1. The maximum Gasteiger partial charge on any atom is 0.407 e. The molecule has 2 aromatic rings. The molecule has 0 saturated carbocycles. The van der Waals surface area contributed by atoms with Crippen LogP contribution in [0, 0.1) is 0 Å². The van der Waals surface area contributed by atoms with Crippen molar-refractivity contribution >= 4 is 12.1 Å². The summed E-state index contributed by atoms with van der Waals surface area (Å²) in [7, 11) is 1.39. The minimum Gasteiger partial charge on any atom is -0.494 e. The first kappa shape index (κ1) is 22.3. The zero-order valence-electron chi connectivity index (χ0n) is 17.4. The third-order valence-corrected chi connectivity index (χ3v) is 4.02. The number of rotatable bonds is 8. The number of alkyl carbamates (subject to hydrolysis) is 1. The fourth-order valence-electron chi connectivity index (χ4n) is 2.78. The van der Waals surface area contributed by atoms with E-state index in [-0.39, 0.29) is 5.97 Å². The minimum atomic E-state index is -0.518. The largest absolute Gasteiger partial charge is 0.494 e. The normalized spacial score (nSPS) is 12.0. The number of nitrogens with one attached hydrogen (secondary N) is 1. The number of carbonyl (C=O) groups excluding carboxylic acids is 2. The number of amides is 1. The number of carbonyl (C=O) groups is 2. The Labute approximate surface area is 172 Å². The average Bonchev–Trinajstić information content (AvgIpc) is 2.67. The first-order valence-corrected chi connectivity index (χ1v) is 9.62. The Bertz CT molecular complexity index is 798.